The molecule has 0 aliphatic carbocycles. The van der Waals surface area contributed by atoms with Crippen LogP contribution in [0.25, 0.3) is 0 Å². The summed E-state index contributed by atoms with van der Waals surface area (Å²) in [6.07, 6.45) is -23.9. The fraction of sp³-hybridized carbons (Fsp3) is 1.00. The average molecular weight is 548 g/mol. The minimum absolute atomic E-state index is 0.0411. The van der Waals surface area contributed by atoms with Gasteiger partial charge in [0.05, 0.1) is 26.4 Å². The summed E-state index contributed by atoms with van der Waals surface area (Å²) in [4.78, 5) is 0. The van der Waals surface area contributed by atoms with Gasteiger partial charge in [-0.3, -0.25) is 0 Å². The molecule has 3 heterocycles. The third-order valence-electron chi connectivity index (χ3n) is 6.45. The lowest BCUT2D eigenvalue weighted by molar-refractivity contribution is -0.365. The predicted molar refractivity (Wildman–Crippen MR) is 114 cm³/mol. The molecule has 3 aliphatic heterocycles. The van der Waals surface area contributed by atoms with Gasteiger partial charge < -0.3 is 85.2 Å². The first kappa shape index (κ1) is 30.9. The molecular weight excluding hydrogens is 510 g/mol. The molecule has 0 amide bonds. The van der Waals surface area contributed by atoms with Crippen molar-refractivity contribution in [2.45, 2.75) is 92.1 Å². The monoisotopic (exact) mass is 547 g/mol. The van der Waals surface area contributed by atoms with Gasteiger partial charge in [-0.05, 0) is 0 Å². The van der Waals surface area contributed by atoms with Gasteiger partial charge >= 0.3 is 0 Å². The Bertz CT molecular complexity index is 689. The van der Waals surface area contributed by atoms with Crippen molar-refractivity contribution in [1.82, 2.24) is 0 Å². The minimum Gasteiger partial charge on any atom is -0.394 e. The second kappa shape index (κ2) is 13.6. The Morgan fingerprint density at radius 3 is 1.57 bits per heavy atom. The molecule has 0 radical (unpaired) electrons. The molecule has 0 spiro atoms. The molecule has 0 bridgehead atoms. The van der Waals surface area contributed by atoms with Crippen molar-refractivity contribution < 1.29 is 79.5 Å². The van der Waals surface area contributed by atoms with Crippen molar-refractivity contribution in [3.63, 3.8) is 0 Å². The summed E-state index contributed by atoms with van der Waals surface area (Å²) in [6, 6.07) is 0. The topological polar surface area (TPSA) is 284 Å². The first-order chi connectivity index (χ1) is 17.5. The lowest BCUT2D eigenvalue weighted by Crippen LogP contribution is -2.65. The molecule has 17 heteroatoms. The molecule has 3 saturated heterocycles. The van der Waals surface area contributed by atoms with Crippen molar-refractivity contribution in [3.05, 3.63) is 0 Å². The Morgan fingerprint density at radius 2 is 1.03 bits per heavy atom. The number of hydrogen-bond acceptors (Lipinski definition) is 17. The van der Waals surface area contributed by atoms with Crippen molar-refractivity contribution in [1.29, 1.82) is 0 Å². The van der Waals surface area contributed by atoms with Crippen LogP contribution in [0.15, 0.2) is 0 Å². The molecule has 0 saturated carbocycles. The van der Waals surface area contributed by atoms with E-state index in [0.717, 1.165) is 0 Å². The number of aliphatic hydroxyl groups is 10. The van der Waals surface area contributed by atoms with Crippen LogP contribution in [-0.4, -0.2) is 176 Å². The minimum atomic E-state index is -1.83. The molecule has 37 heavy (non-hydrogen) atoms. The van der Waals surface area contributed by atoms with Crippen molar-refractivity contribution >= 4 is 0 Å². The van der Waals surface area contributed by atoms with Crippen molar-refractivity contribution in [2.75, 3.05) is 33.0 Å². The smallest absolute Gasteiger partial charge is 0.187 e. The van der Waals surface area contributed by atoms with Crippen LogP contribution in [-0.2, 0) is 28.4 Å². The largest absolute Gasteiger partial charge is 0.394 e. The third-order valence-corrected chi connectivity index (χ3v) is 6.45. The highest BCUT2D eigenvalue weighted by Gasteiger charge is 2.52. The van der Waals surface area contributed by atoms with Crippen molar-refractivity contribution in [2.24, 2.45) is 5.73 Å². The van der Waals surface area contributed by atoms with Crippen LogP contribution in [0.3, 0.4) is 0 Å². The van der Waals surface area contributed by atoms with E-state index in [0.29, 0.717) is 0 Å². The summed E-state index contributed by atoms with van der Waals surface area (Å²) in [7, 11) is 0. The van der Waals surface area contributed by atoms with Gasteiger partial charge in [0.2, 0.25) is 0 Å². The molecule has 3 aliphatic rings. The summed E-state index contributed by atoms with van der Waals surface area (Å²) < 4.78 is 32.4. The summed E-state index contributed by atoms with van der Waals surface area (Å²) in [5.41, 5.74) is 5.43. The van der Waals surface area contributed by atoms with E-state index in [1.807, 2.05) is 0 Å². The van der Waals surface area contributed by atoms with Crippen molar-refractivity contribution in [3.8, 4) is 0 Å². The van der Waals surface area contributed by atoms with E-state index in [1.165, 1.54) is 0 Å². The molecule has 0 aromatic heterocycles. The highest BCUT2D eigenvalue weighted by Crippen LogP contribution is 2.30. The Kier molecular flexibility index (Phi) is 11.3. The maximum atomic E-state index is 10.9. The van der Waals surface area contributed by atoms with E-state index in [2.05, 4.69) is 0 Å². The van der Waals surface area contributed by atoms with Crippen LogP contribution in [0.4, 0.5) is 0 Å². The quantitative estimate of drug-likeness (QED) is 0.121. The Balaban J connectivity index is 1.73. The third kappa shape index (κ3) is 6.73. The van der Waals surface area contributed by atoms with Gasteiger partial charge in [0.15, 0.2) is 18.9 Å². The molecule has 15 atom stereocenters. The zero-order valence-corrected chi connectivity index (χ0v) is 19.7. The summed E-state index contributed by atoms with van der Waals surface area (Å²) in [5.74, 6) is 0. The molecule has 0 aromatic carbocycles. The first-order valence-electron chi connectivity index (χ1n) is 11.8. The standard InChI is InChI=1S/C20H37NO16/c21-1-2-32-19-16(31)17(37-20-15(30)13(28)10(25)7(4-23)35-20)11(26)8(36-19)5-33-18-14(29)12(27)9(24)6(3-22)34-18/h6-20,22-31H,1-5,21H2/t6-,7-,8-,9-,10-,11-,12+,13+,14-,15+,16+,17+,18+,19+,20-/m1/s1. The lowest BCUT2D eigenvalue weighted by atomic mass is 9.96. The lowest BCUT2D eigenvalue weighted by Gasteiger charge is -2.46. The Morgan fingerprint density at radius 1 is 0.541 bits per heavy atom. The highest BCUT2D eigenvalue weighted by molar-refractivity contribution is 4.95. The maximum Gasteiger partial charge on any atom is 0.187 e. The predicted octanol–water partition coefficient (Wildman–Crippen LogP) is -7.59. The first-order valence-corrected chi connectivity index (χ1v) is 11.8. The molecule has 3 rings (SSSR count). The number of hydrogen-bond donors (Lipinski definition) is 11. The van der Waals surface area contributed by atoms with Gasteiger partial charge in [-0.25, -0.2) is 0 Å². The Hall–Kier alpha value is -0.680. The fourth-order valence-electron chi connectivity index (χ4n) is 4.25. The summed E-state index contributed by atoms with van der Waals surface area (Å²) in [5, 5.41) is 101. The fourth-order valence-corrected chi connectivity index (χ4v) is 4.25. The van der Waals surface area contributed by atoms with E-state index >= 15 is 0 Å². The van der Waals surface area contributed by atoms with E-state index in [-0.39, 0.29) is 13.2 Å². The van der Waals surface area contributed by atoms with Gasteiger partial charge in [-0.15, -0.1) is 0 Å². The summed E-state index contributed by atoms with van der Waals surface area (Å²) in [6.45, 7) is -2.01. The van der Waals surface area contributed by atoms with E-state index in [1.54, 1.807) is 0 Å². The number of nitrogens with two attached hydrogens (primary N) is 1. The van der Waals surface area contributed by atoms with Gasteiger partial charge in [0.1, 0.15) is 73.2 Å². The van der Waals surface area contributed by atoms with Crippen LogP contribution >= 0.6 is 0 Å². The van der Waals surface area contributed by atoms with E-state index in [4.69, 9.17) is 34.2 Å². The van der Waals surface area contributed by atoms with Gasteiger partial charge in [0, 0.05) is 6.54 Å². The van der Waals surface area contributed by atoms with E-state index < -0.39 is 112 Å². The molecule has 17 nitrogen and oxygen atoms in total. The van der Waals surface area contributed by atoms with Crippen LogP contribution < -0.4 is 5.73 Å². The van der Waals surface area contributed by atoms with Gasteiger partial charge in [-0.1, -0.05) is 0 Å². The Labute approximate surface area is 211 Å². The molecular formula is C20H37NO16. The zero-order valence-electron chi connectivity index (χ0n) is 19.7. The molecule has 12 N–H and O–H groups in total. The average Bonchev–Trinajstić information content (AvgIpc) is 2.89. The van der Waals surface area contributed by atoms with E-state index in [9.17, 15) is 51.1 Å². The van der Waals surface area contributed by atoms with Crippen LogP contribution in [0.5, 0.6) is 0 Å². The molecule has 0 aromatic rings. The SMILES string of the molecule is NCCO[C@H]1O[C@H](CO[C@H]2O[C@H](CO)[C@@H](O)[C@H](O)[C@H]2O)[C@@H](O)[C@H](O[C@H]2O[C@H](CO)[C@@H](O)[C@H](O)[C@@H]2O)[C@@H]1O. The number of aliphatic hydroxyl groups excluding tert-OH is 10. The van der Waals surface area contributed by atoms with Crippen LogP contribution in [0, 0.1) is 0 Å². The molecule has 3 fully saturated rings. The zero-order chi connectivity index (χ0) is 27.4. The normalized spacial score (nSPS) is 49.2. The van der Waals surface area contributed by atoms with Crippen LogP contribution in [0.2, 0.25) is 0 Å². The highest BCUT2D eigenvalue weighted by atomic mass is 16.7. The van der Waals surface area contributed by atoms with Crippen LogP contribution in [0.1, 0.15) is 0 Å². The molecule has 218 valence electrons. The number of ether oxygens (including phenoxy) is 6. The second-order valence-corrected chi connectivity index (χ2v) is 9.01. The summed E-state index contributed by atoms with van der Waals surface area (Å²) >= 11 is 0. The van der Waals surface area contributed by atoms with Gasteiger partial charge in [-0.2, -0.15) is 0 Å². The maximum absolute atomic E-state index is 10.9. The second-order valence-electron chi connectivity index (χ2n) is 9.01. The molecule has 0 unspecified atom stereocenters. The number of rotatable bonds is 10. The van der Waals surface area contributed by atoms with Gasteiger partial charge in [0.25, 0.3) is 0 Å².